The normalized spacial score (nSPS) is 18.9. The Kier molecular flexibility index (Phi) is 6.53. The van der Waals surface area contributed by atoms with Crippen LogP contribution in [-0.2, 0) is 11.3 Å². The van der Waals surface area contributed by atoms with Gasteiger partial charge in [-0.05, 0) is 65.9 Å². The van der Waals surface area contributed by atoms with Crippen LogP contribution in [0.25, 0.3) is 0 Å². The lowest BCUT2D eigenvalue weighted by atomic mass is 9.78. The number of hydrogen-bond acceptors (Lipinski definition) is 4. The maximum Gasteiger partial charge on any atom is 0.233 e. The van der Waals surface area contributed by atoms with Gasteiger partial charge >= 0.3 is 0 Å². The number of carbonyl (C=O) groups excluding carboxylic acids is 1. The SMILES string of the molecule is COc1ccc(C2[C@@H](CCC(O)c3ccc(F)cc3)C(=O)N2c2ccc(CN)cc2)cc1. The number of ether oxygens (including phenoxy) is 1. The molecule has 0 aromatic heterocycles. The molecule has 1 amide bonds. The summed E-state index contributed by atoms with van der Waals surface area (Å²) in [7, 11) is 1.62. The van der Waals surface area contributed by atoms with Crippen LogP contribution >= 0.6 is 0 Å². The highest BCUT2D eigenvalue weighted by molar-refractivity contribution is 6.03. The molecule has 3 atom stereocenters. The first-order valence-electron chi connectivity index (χ1n) is 10.7. The van der Waals surface area contributed by atoms with Gasteiger partial charge in [-0.1, -0.05) is 36.4 Å². The van der Waals surface area contributed by atoms with E-state index in [1.807, 2.05) is 48.5 Å². The first-order chi connectivity index (χ1) is 15.5. The number of carbonyl (C=O) groups is 1. The molecule has 1 fully saturated rings. The lowest BCUT2D eigenvalue weighted by Crippen LogP contribution is -2.55. The summed E-state index contributed by atoms with van der Waals surface area (Å²) in [6, 6.07) is 21.1. The van der Waals surface area contributed by atoms with Gasteiger partial charge in [-0.15, -0.1) is 0 Å². The maximum atomic E-state index is 13.2. The minimum absolute atomic E-state index is 0.0256. The van der Waals surface area contributed by atoms with E-state index < -0.39 is 6.10 Å². The maximum absolute atomic E-state index is 13.2. The molecule has 1 aliphatic rings. The van der Waals surface area contributed by atoms with E-state index in [0.717, 1.165) is 22.6 Å². The third-order valence-electron chi connectivity index (χ3n) is 6.13. The molecule has 3 aromatic carbocycles. The number of rotatable bonds is 8. The molecule has 0 bridgehead atoms. The second-order valence-corrected chi connectivity index (χ2v) is 8.05. The lowest BCUT2D eigenvalue weighted by Gasteiger charge is -2.48. The largest absolute Gasteiger partial charge is 0.497 e. The third-order valence-corrected chi connectivity index (χ3v) is 6.13. The van der Waals surface area contributed by atoms with Gasteiger partial charge in [-0.3, -0.25) is 4.79 Å². The fourth-order valence-corrected chi connectivity index (χ4v) is 4.28. The van der Waals surface area contributed by atoms with E-state index in [1.165, 1.54) is 12.1 Å². The summed E-state index contributed by atoms with van der Waals surface area (Å²) in [6.45, 7) is 0.444. The predicted molar refractivity (Wildman–Crippen MR) is 122 cm³/mol. The standard InChI is InChI=1S/C26H27FN2O3/c1-32-22-12-6-19(7-13-22)25-23(14-15-24(30)18-4-8-20(27)9-5-18)26(31)29(25)21-10-2-17(16-28)3-11-21/h2-13,23-25,30H,14-16,28H2,1H3/t23-,24?,25?/m1/s1. The molecule has 3 aromatic rings. The Hall–Kier alpha value is -3.22. The van der Waals surface area contributed by atoms with Crippen molar-refractivity contribution < 1.29 is 19.0 Å². The van der Waals surface area contributed by atoms with E-state index in [1.54, 1.807) is 24.1 Å². The summed E-state index contributed by atoms with van der Waals surface area (Å²) < 4.78 is 18.4. The molecule has 2 unspecified atom stereocenters. The zero-order valence-corrected chi connectivity index (χ0v) is 17.9. The van der Waals surface area contributed by atoms with Crippen molar-refractivity contribution in [2.75, 3.05) is 12.0 Å². The van der Waals surface area contributed by atoms with Gasteiger partial charge in [0.25, 0.3) is 0 Å². The highest BCUT2D eigenvalue weighted by atomic mass is 19.1. The van der Waals surface area contributed by atoms with Gasteiger partial charge in [0.05, 0.1) is 25.2 Å². The summed E-state index contributed by atoms with van der Waals surface area (Å²) in [4.78, 5) is 15.0. The van der Waals surface area contributed by atoms with Gasteiger partial charge in [0.1, 0.15) is 11.6 Å². The molecule has 5 nitrogen and oxygen atoms in total. The molecule has 3 N–H and O–H groups in total. The minimum Gasteiger partial charge on any atom is -0.497 e. The molecule has 6 heteroatoms. The van der Waals surface area contributed by atoms with Crippen LogP contribution in [0.2, 0.25) is 0 Å². The Morgan fingerprint density at radius 3 is 2.28 bits per heavy atom. The van der Waals surface area contributed by atoms with E-state index >= 15 is 0 Å². The van der Waals surface area contributed by atoms with Crippen molar-refractivity contribution in [3.63, 3.8) is 0 Å². The molecule has 0 spiro atoms. The number of hydrogen-bond donors (Lipinski definition) is 2. The van der Waals surface area contributed by atoms with Crippen molar-refractivity contribution in [1.29, 1.82) is 0 Å². The van der Waals surface area contributed by atoms with Crippen molar-refractivity contribution in [2.24, 2.45) is 11.7 Å². The Morgan fingerprint density at radius 2 is 1.69 bits per heavy atom. The fourth-order valence-electron chi connectivity index (χ4n) is 4.28. The molecule has 1 heterocycles. The average Bonchev–Trinajstić information content (AvgIpc) is 2.83. The number of nitrogens with two attached hydrogens (primary N) is 1. The first kappa shape index (κ1) is 22.0. The number of aliphatic hydroxyl groups excluding tert-OH is 1. The number of halogens is 1. The zero-order chi connectivity index (χ0) is 22.7. The molecule has 166 valence electrons. The van der Waals surface area contributed by atoms with Gasteiger partial charge in [0.15, 0.2) is 0 Å². The first-order valence-corrected chi connectivity index (χ1v) is 10.7. The van der Waals surface area contributed by atoms with Crippen molar-refractivity contribution >= 4 is 11.6 Å². The second kappa shape index (κ2) is 9.51. The summed E-state index contributed by atoms with van der Waals surface area (Å²) in [5.74, 6) is 0.179. The van der Waals surface area contributed by atoms with E-state index in [4.69, 9.17) is 10.5 Å². The van der Waals surface area contributed by atoms with Crippen molar-refractivity contribution in [3.05, 3.63) is 95.3 Å². The van der Waals surface area contributed by atoms with Gasteiger partial charge in [-0.25, -0.2) is 4.39 Å². The molecule has 4 rings (SSSR count). The van der Waals surface area contributed by atoms with Crippen LogP contribution in [0.3, 0.4) is 0 Å². The highest BCUT2D eigenvalue weighted by Gasteiger charge is 2.48. The van der Waals surface area contributed by atoms with Crippen LogP contribution in [0, 0.1) is 11.7 Å². The Morgan fingerprint density at radius 1 is 1.03 bits per heavy atom. The summed E-state index contributed by atoms with van der Waals surface area (Å²) in [5, 5.41) is 10.6. The van der Waals surface area contributed by atoms with Crippen molar-refractivity contribution in [1.82, 2.24) is 0 Å². The van der Waals surface area contributed by atoms with Crippen LogP contribution < -0.4 is 15.4 Å². The van der Waals surface area contributed by atoms with Crippen LogP contribution in [-0.4, -0.2) is 18.1 Å². The van der Waals surface area contributed by atoms with Crippen LogP contribution in [0.5, 0.6) is 5.75 Å². The van der Waals surface area contributed by atoms with Gasteiger partial charge < -0.3 is 20.5 Å². The summed E-state index contributed by atoms with van der Waals surface area (Å²) in [6.07, 6.45) is 0.179. The monoisotopic (exact) mass is 434 g/mol. The van der Waals surface area contributed by atoms with E-state index in [0.29, 0.717) is 24.9 Å². The molecule has 0 radical (unpaired) electrons. The third kappa shape index (κ3) is 4.38. The van der Waals surface area contributed by atoms with E-state index in [9.17, 15) is 14.3 Å². The summed E-state index contributed by atoms with van der Waals surface area (Å²) in [5.41, 5.74) is 9.18. The molecular weight excluding hydrogens is 407 g/mol. The fraction of sp³-hybridized carbons (Fsp3) is 0.269. The number of amides is 1. The minimum atomic E-state index is -0.752. The number of aliphatic hydroxyl groups is 1. The number of anilines is 1. The zero-order valence-electron chi connectivity index (χ0n) is 17.9. The topological polar surface area (TPSA) is 75.8 Å². The number of benzene rings is 3. The van der Waals surface area contributed by atoms with Crippen LogP contribution in [0.4, 0.5) is 10.1 Å². The second-order valence-electron chi connectivity index (χ2n) is 8.05. The van der Waals surface area contributed by atoms with Gasteiger partial charge in [-0.2, -0.15) is 0 Å². The van der Waals surface area contributed by atoms with E-state index in [2.05, 4.69) is 0 Å². The van der Waals surface area contributed by atoms with E-state index in [-0.39, 0.29) is 23.7 Å². The Labute approximate surface area is 187 Å². The number of nitrogens with zero attached hydrogens (tertiary/aromatic N) is 1. The van der Waals surface area contributed by atoms with Gasteiger partial charge in [0, 0.05) is 12.2 Å². The molecule has 0 saturated carbocycles. The number of methoxy groups -OCH3 is 1. The molecule has 32 heavy (non-hydrogen) atoms. The average molecular weight is 435 g/mol. The molecule has 1 aliphatic heterocycles. The molecule has 0 aliphatic carbocycles. The lowest BCUT2D eigenvalue weighted by molar-refractivity contribution is -0.131. The number of β-lactam (4-membered cyclic amide) rings is 1. The quantitative estimate of drug-likeness (QED) is 0.512. The van der Waals surface area contributed by atoms with Crippen LogP contribution in [0.1, 0.15) is 41.7 Å². The molecule has 1 saturated heterocycles. The predicted octanol–water partition coefficient (Wildman–Crippen LogP) is 4.51. The Bertz CT molecular complexity index is 1050. The Balaban J connectivity index is 1.55. The van der Waals surface area contributed by atoms with Crippen molar-refractivity contribution in [3.8, 4) is 5.75 Å². The smallest absolute Gasteiger partial charge is 0.233 e. The van der Waals surface area contributed by atoms with Crippen LogP contribution in [0.15, 0.2) is 72.8 Å². The van der Waals surface area contributed by atoms with Crippen molar-refractivity contribution in [2.45, 2.75) is 31.5 Å². The highest BCUT2D eigenvalue weighted by Crippen LogP contribution is 2.46. The molecular formula is C26H27FN2O3. The summed E-state index contributed by atoms with van der Waals surface area (Å²) >= 11 is 0. The van der Waals surface area contributed by atoms with Gasteiger partial charge in [0.2, 0.25) is 5.91 Å².